The first-order valence-electron chi connectivity index (χ1n) is 5.07. The molecule has 1 N–H and O–H groups in total. The standard InChI is InChI=1S/C11H14O5S/c1-9(12)10-3-5-11(6-4-10)16-7-2-8-17(13,14)15/h3-6H,2,7-8H2,1H3,(H,13,14,15). The minimum Gasteiger partial charge on any atom is -0.494 e. The van der Waals surface area contributed by atoms with Crippen LogP contribution in [0.4, 0.5) is 0 Å². The van der Waals surface area contributed by atoms with Gasteiger partial charge in [0, 0.05) is 5.56 Å². The van der Waals surface area contributed by atoms with Crippen LogP contribution in [-0.2, 0) is 10.1 Å². The molecule has 0 aliphatic heterocycles. The molecule has 0 aliphatic carbocycles. The Morgan fingerprint density at radius 2 is 1.88 bits per heavy atom. The van der Waals surface area contributed by atoms with Gasteiger partial charge in [0.05, 0.1) is 12.4 Å². The first kappa shape index (κ1) is 13.7. The zero-order valence-corrected chi connectivity index (χ0v) is 10.2. The van der Waals surface area contributed by atoms with E-state index in [0.29, 0.717) is 11.3 Å². The van der Waals surface area contributed by atoms with Crippen molar-refractivity contribution in [1.29, 1.82) is 0 Å². The van der Waals surface area contributed by atoms with Gasteiger partial charge in [-0.2, -0.15) is 8.42 Å². The lowest BCUT2D eigenvalue weighted by Crippen LogP contribution is -2.08. The Morgan fingerprint density at radius 3 is 2.35 bits per heavy atom. The third kappa shape index (κ3) is 5.46. The molecule has 0 aliphatic rings. The molecule has 1 aromatic carbocycles. The van der Waals surface area contributed by atoms with Gasteiger partial charge in [-0.15, -0.1) is 0 Å². The number of ether oxygens (including phenoxy) is 1. The highest BCUT2D eigenvalue weighted by Crippen LogP contribution is 2.12. The number of Topliss-reactive ketones (excluding diaryl/α,β-unsaturated/α-hetero) is 1. The number of ketones is 1. The van der Waals surface area contributed by atoms with E-state index >= 15 is 0 Å². The molecule has 0 atom stereocenters. The van der Waals surface area contributed by atoms with Crippen LogP contribution in [0.2, 0.25) is 0 Å². The topological polar surface area (TPSA) is 80.7 Å². The van der Waals surface area contributed by atoms with Crippen LogP contribution in [0.5, 0.6) is 5.75 Å². The molecule has 1 aromatic rings. The van der Waals surface area contributed by atoms with E-state index in [1.165, 1.54) is 6.92 Å². The second-order valence-corrected chi connectivity index (χ2v) is 5.14. The second kappa shape index (κ2) is 5.79. The van der Waals surface area contributed by atoms with Crippen LogP contribution in [0.25, 0.3) is 0 Å². The molecule has 1 rings (SSSR count). The zero-order chi connectivity index (χ0) is 12.9. The summed E-state index contributed by atoms with van der Waals surface area (Å²) in [5.74, 6) is 0.215. The SMILES string of the molecule is CC(=O)c1ccc(OCCCS(=O)(=O)O)cc1. The summed E-state index contributed by atoms with van der Waals surface area (Å²) in [5.41, 5.74) is 0.593. The Bertz CT molecular complexity index is 475. The molecule has 0 unspecified atom stereocenters. The second-order valence-electron chi connectivity index (χ2n) is 3.57. The van der Waals surface area contributed by atoms with Crippen molar-refractivity contribution in [2.45, 2.75) is 13.3 Å². The fraction of sp³-hybridized carbons (Fsp3) is 0.364. The van der Waals surface area contributed by atoms with Gasteiger partial charge in [-0.05, 0) is 37.6 Å². The van der Waals surface area contributed by atoms with Crippen molar-refractivity contribution in [1.82, 2.24) is 0 Å². The molecule has 94 valence electrons. The number of hydrogen-bond acceptors (Lipinski definition) is 4. The summed E-state index contributed by atoms with van der Waals surface area (Å²) in [6, 6.07) is 6.56. The smallest absolute Gasteiger partial charge is 0.264 e. The maximum Gasteiger partial charge on any atom is 0.264 e. The Hall–Kier alpha value is -1.40. The molecule has 5 nitrogen and oxygen atoms in total. The average molecular weight is 258 g/mol. The fourth-order valence-corrected chi connectivity index (χ4v) is 1.70. The monoisotopic (exact) mass is 258 g/mol. The van der Waals surface area contributed by atoms with Gasteiger partial charge in [-0.3, -0.25) is 9.35 Å². The first-order chi connectivity index (χ1) is 7.88. The van der Waals surface area contributed by atoms with E-state index in [1.54, 1.807) is 24.3 Å². The third-order valence-corrected chi connectivity index (χ3v) is 2.88. The normalized spacial score (nSPS) is 11.2. The summed E-state index contributed by atoms with van der Waals surface area (Å²) >= 11 is 0. The van der Waals surface area contributed by atoms with E-state index in [0.717, 1.165) is 0 Å². The van der Waals surface area contributed by atoms with Gasteiger partial charge < -0.3 is 4.74 Å². The van der Waals surface area contributed by atoms with E-state index in [1.807, 2.05) is 0 Å². The molecule has 0 spiro atoms. The van der Waals surface area contributed by atoms with Crippen LogP contribution < -0.4 is 4.74 Å². The lowest BCUT2D eigenvalue weighted by Gasteiger charge is -2.05. The molecular formula is C11H14O5S. The van der Waals surface area contributed by atoms with Gasteiger partial charge in [-0.25, -0.2) is 0 Å². The van der Waals surface area contributed by atoms with E-state index < -0.39 is 10.1 Å². The van der Waals surface area contributed by atoms with Gasteiger partial charge in [0.2, 0.25) is 0 Å². The highest BCUT2D eigenvalue weighted by Gasteiger charge is 2.04. The summed E-state index contributed by atoms with van der Waals surface area (Å²) in [4.78, 5) is 11.0. The number of rotatable bonds is 6. The van der Waals surface area contributed by atoms with E-state index in [2.05, 4.69) is 0 Å². The molecule has 0 aromatic heterocycles. The number of carbonyl (C=O) groups is 1. The van der Waals surface area contributed by atoms with Gasteiger partial charge >= 0.3 is 0 Å². The highest BCUT2D eigenvalue weighted by molar-refractivity contribution is 7.85. The number of hydrogen-bond donors (Lipinski definition) is 1. The summed E-state index contributed by atoms with van der Waals surface area (Å²) in [6.45, 7) is 1.67. The molecule has 17 heavy (non-hydrogen) atoms. The van der Waals surface area contributed by atoms with Crippen LogP contribution in [0.3, 0.4) is 0 Å². The maximum atomic E-state index is 11.0. The van der Waals surface area contributed by atoms with Crippen molar-refractivity contribution < 1.29 is 22.5 Å². The van der Waals surface area contributed by atoms with Crippen molar-refractivity contribution in [3.63, 3.8) is 0 Å². The van der Waals surface area contributed by atoms with Crippen molar-refractivity contribution in [3.8, 4) is 5.75 Å². The molecule has 0 bridgehead atoms. The lowest BCUT2D eigenvalue weighted by atomic mass is 10.1. The molecule has 0 saturated heterocycles. The number of benzene rings is 1. The van der Waals surface area contributed by atoms with E-state index in [9.17, 15) is 13.2 Å². The van der Waals surface area contributed by atoms with E-state index in [4.69, 9.17) is 9.29 Å². The summed E-state index contributed by atoms with van der Waals surface area (Å²) in [6.07, 6.45) is 0.216. The summed E-state index contributed by atoms with van der Waals surface area (Å²) in [7, 11) is -3.92. The van der Waals surface area contributed by atoms with Gasteiger partial charge in [0.1, 0.15) is 5.75 Å². The predicted molar refractivity (Wildman–Crippen MR) is 63.0 cm³/mol. The Kier molecular flexibility index (Phi) is 4.65. The van der Waals surface area contributed by atoms with Crippen molar-refractivity contribution in [2.24, 2.45) is 0 Å². The van der Waals surface area contributed by atoms with Gasteiger partial charge in [0.25, 0.3) is 10.1 Å². The maximum absolute atomic E-state index is 11.0. The van der Waals surface area contributed by atoms with Crippen LogP contribution >= 0.6 is 0 Å². The minimum atomic E-state index is -3.92. The Labute approximate surface area is 100 Å². The molecular weight excluding hydrogens is 244 g/mol. The van der Waals surface area contributed by atoms with Crippen LogP contribution in [0, 0.1) is 0 Å². The summed E-state index contributed by atoms with van der Waals surface area (Å²) in [5, 5.41) is 0. The van der Waals surface area contributed by atoms with Gasteiger partial charge in [0.15, 0.2) is 5.78 Å². The average Bonchev–Trinajstić information content (AvgIpc) is 2.24. The van der Waals surface area contributed by atoms with Crippen molar-refractivity contribution in [3.05, 3.63) is 29.8 Å². The van der Waals surface area contributed by atoms with E-state index in [-0.39, 0.29) is 24.6 Å². The minimum absolute atomic E-state index is 0.0251. The predicted octanol–water partition coefficient (Wildman–Crippen LogP) is 1.55. The lowest BCUT2D eigenvalue weighted by molar-refractivity contribution is 0.101. The molecule has 0 radical (unpaired) electrons. The highest BCUT2D eigenvalue weighted by atomic mass is 32.2. The molecule has 6 heteroatoms. The molecule has 0 saturated carbocycles. The Morgan fingerprint density at radius 1 is 1.29 bits per heavy atom. The summed E-state index contributed by atoms with van der Waals surface area (Å²) < 4.78 is 34.6. The third-order valence-electron chi connectivity index (χ3n) is 2.08. The van der Waals surface area contributed by atoms with Crippen molar-refractivity contribution in [2.75, 3.05) is 12.4 Å². The van der Waals surface area contributed by atoms with Gasteiger partial charge in [-0.1, -0.05) is 0 Å². The molecule has 0 amide bonds. The first-order valence-corrected chi connectivity index (χ1v) is 6.68. The van der Waals surface area contributed by atoms with Crippen LogP contribution in [0.15, 0.2) is 24.3 Å². The van der Waals surface area contributed by atoms with Crippen LogP contribution in [-0.4, -0.2) is 31.1 Å². The zero-order valence-electron chi connectivity index (χ0n) is 9.42. The largest absolute Gasteiger partial charge is 0.494 e. The van der Waals surface area contributed by atoms with Crippen molar-refractivity contribution >= 4 is 15.9 Å². The van der Waals surface area contributed by atoms with Crippen LogP contribution in [0.1, 0.15) is 23.7 Å². The number of carbonyl (C=O) groups excluding carboxylic acids is 1. The fourth-order valence-electron chi connectivity index (χ4n) is 1.22. The quantitative estimate of drug-likeness (QED) is 0.475. The Balaban J connectivity index is 2.40. The molecule has 0 fully saturated rings. The molecule has 0 heterocycles.